The van der Waals surface area contributed by atoms with Crippen LogP contribution in [0.3, 0.4) is 0 Å². The maximum Gasteiger partial charge on any atom is 0.491 e. The lowest BCUT2D eigenvalue weighted by Gasteiger charge is -2.26. The molecule has 2 N–H and O–H groups in total. The molecule has 8 heteroatoms. The molecule has 0 aliphatic carbocycles. The minimum absolute atomic E-state index is 0.131. The molecule has 7 nitrogen and oxygen atoms in total. The standard InChI is InChI=1S/C28H60NO6P/c1-4-7-10-12-13-14-15-16-17-19-26-33-36(32,35-29(22-24-30)23-25-31)34-27-28(20-9-6-3)21-18-11-8-5-2/h28,30-31H,4-27H2,1-3H3. The van der Waals surface area contributed by atoms with Crippen molar-refractivity contribution in [3.63, 3.8) is 0 Å². The Morgan fingerprint density at radius 1 is 0.639 bits per heavy atom. The molecule has 36 heavy (non-hydrogen) atoms. The Labute approximate surface area is 223 Å². The van der Waals surface area contributed by atoms with Crippen LogP contribution in [0.1, 0.15) is 136 Å². The van der Waals surface area contributed by atoms with E-state index in [0.29, 0.717) is 19.1 Å². The van der Waals surface area contributed by atoms with E-state index in [1.165, 1.54) is 69.3 Å². The van der Waals surface area contributed by atoms with Crippen molar-refractivity contribution in [1.82, 2.24) is 5.06 Å². The quantitative estimate of drug-likeness (QED) is 0.0567. The van der Waals surface area contributed by atoms with Crippen LogP contribution in [0.15, 0.2) is 0 Å². The Hall–Kier alpha value is -0.0100. The van der Waals surface area contributed by atoms with Gasteiger partial charge in [0.25, 0.3) is 0 Å². The van der Waals surface area contributed by atoms with Crippen LogP contribution >= 0.6 is 7.82 Å². The molecule has 0 fully saturated rings. The summed E-state index contributed by atoms with van der Waals surface area (Å²) in [5.41, 5.74) is 0. The summed E-state index contributed by atoms with van der Waals surface area (Å²) in [5.74, 6) is 0.323. The van der Waals surface area contributed by atoms with E-state index < -0.39 is 7.82 Å². The lowest BCUT2D eigenvalue weighted by molar-refractivity contribution is -0.106. The van der Waals surface area contributed by atoms with Crippen molar-refractivity contribution in [3.8, 4) is 0 Å². The van der Waals surface area contributed by atoms with Crippen molar-refractivity contribution in [2.75, 3.05) is 39.5 Å². The normalized spacial score (nSPS) is 14.4. The highest BCUT2D eigenvalue weighted by atomic mass is 31.2. The highest BCUT2D eigenvalue weighted by Gasteiger charge is 2.31. The average Bonchev–Trinajstić information content (AvgIpc) is 2.86. The highest BCUT2D eigenvalue weighted by molar-refractivity contribution is 7.48. The number of unbranched alkanes of at least 4 members (excludes halogenated alkanes) is 13. The molecule has 2 unspecified atom stereocenters. The molecule has 0 aromatic carbocycles. The largest absolute Gasteiger partial charge is 0.491 e. The fourth-order valence-electron chi connectivity index (χ4n) is 4.27. The Morgan fingerprint density at radius 2 is 1.11 bits per heavy atom. The third-order valence-electron chi connectivity index (χ3n) is 6.56. The van der Waals surface area contributed by atoms with Gasteiger partial charge < -0.3 is 10.2 Å². The topological polar surface area (TPSA) is 88.5 Å². The van der Waals surface area contributed by atoms with Crippen molar-refractivity contribution >= 4 is 7.82 Å². The van der Waals surface area contributed by atoms with Crippen LogP contribution in [0.2, 0.25) is 0 Å². The van der Waals surface area contributed by atoms with Crippen LogP contribution in [0.4, 0.5) is 0 Å². The molecular weight excluding hydrogens is 477 g/mol. The van der Waals surface area contributed by atoms with E-state index in [9.17, 15) is 14.8 Å². The summed E-state index contributed by atoms with van der Waals surface area (Å²) in [6, 6.07) is 0. The molecular formula is C28H60NO6P. The second-order valence-electron chi connectivity index (χ2n) is 10.1. The number of hydrogen-bond donors (Lipinski definition) is 2. The van der Waals surface area contributed by atoms with Gasteiger partial charge in [0, 0.05) is 13.1 Å². The smallest absolute Gasteiger partial charge is 0.395 e. The molecule has 0 aliphatic heterocycles. The van der Waals surface area contributed by atoms with Crippen LogP contribution in [0, 0.1) is 5.92 Å². The van der Waals surface area contributed by atoms with Crippen LogP contribution in [-0.2, 0) is 18.2 Å². The van der Waals surface area contributed by atoms with E-state index in [4.69, 9.17) is 13.7 Å². The average molecular weight is 538 g/mol. The van der Waals surface area contributed by atoms with E-state index in [1.54, 1.807) is 0 Å². The first-order chi connectivity index (χ1) is 17.5. The monoisotopic (exact) mass is 537 g/mol. The lowest BCUT2D eigenvalue weighted by atomic mass is 9.96. The van der Waals surface area contributed by atoms with Gasteiger partial charge in [0.05, 0.1) is 26.4 Å². The molecule has 0 saturated carbocycles. The number of phosphoric acid groups is 1. The summed E-state index contributed by atoms with van der Waals surface area (Å²) in [7, 11) is -3.84. The van der Waals surface area contributed by atoms with Gasteiger partial charge in [-0.2, -0.15) is 9.69 Å². The van der Waals surface area contributed by atoms with Gasteiger partial charge in [-0.05, 0) is 25.2 Å². The molecule has 0 aromatic heterocycles. The highest BCUT2D eigenvalue weighted by Crippen LogP contribution is 2.51. The zero-order valence-corrected chi connectivity index (χ0v) is 24.9. The number of hydroxylamine groups is 2. The van der Waals surface area contributed by atoms with E-state index in [2.05, 4.69) is 20.8 Å². The number of aliphatic hydroxyl groups excluding tert-OH is 2. The molecule has 218 valence electrons. The predicted octanol–water partition coefficient (Wildman–Crippen LogP) is 8.04. The summed E-state index contributed by atoms with van der Waals surface area (Å²) in [6.07, 6.45) is 21.3. The maximum absolute atomic E-state index is 13.5. The van der Waals surface area contributed by atoms with Crippen LogP contribution < -0.4 is 0 Å². The van der Waals surface area contributed by atoms with Crippen molar-refractivity contribution < 1.29 is 28.5 Å². The Kier molecular flexibility index (Phi) is 26.6. The maximum atomic E-state index is 13.5. The van der Waals surface area contributed by atoms with Gasteiger partial charge in [-0.1, -0.05) is 117 Å². The molecule has 0 amide bonds. The molecule has 0 saturated heterocycles. The number of hydrogen-bond acceptors (Lipinski definition) is 7. The zero-order valence-electron chi connectivity index (χ0n) is 24.0. The first-order valence-electron chi connectivity index (χ1n) is 15.1. The minimum Gasteiger partial charge on any atom is -0.395 e. The Morgan fingerprint density at radius 3 is 1.64 bits per heavy atom. The van der Waals surface area contributed by atoms with E-state index in [-0.39, 0.29) is 26.3 Å². The lowest BCUT2D eigenvalue weighted by Crippen LogP contribution is -2.30. The van der Waals surface area contributed by atoms with Gasteiger partial charge in [0.2, 0.25) is 0 Å². The first kappa shape index (κ1) is 36.0. The van der Waals surface area contributed by atoms with Gasteiger partial charge in [-0.25, -0.2) is 4.57 Å². The van der Waals surface area contributed by atoms with E-state index >= 15 is 0 Å². The summed E-state index contributed by atoms with van der Waals surface area (Å²) in [4.78, 5) is 0. The van der Waals surface area contributed by atoms with Gasteiger partial charge >= 0.3 is 7.82 Å². The minimum atomic E-state index is -3.84. The molecule has 0 aromatic rings. The molecule has 0 spiro atoms. The van der Waals surface area contributed by atoms with Crippen LogP contribution in [0.25, 0.3) is 0 Å². The Balaban J connectivity index is 4.67. The molecule has 0 rings (SSSR count). The van der Waals surface area contributed by atoms with Crippen LogP contribution in [-0.4, -0.2) is 54.8 Å². The van der Waals surface area contributed by atoms with Crippen molar-refractivity contribution in [1.29, 1.82) is 0 Å². The van der Waals surface area contributed by atoms with Gasteiger partial charge in [0.1, 0.15) is 0 Å². The molecule has 0 radical (unpaired) electrons. The third kappa shape index (κ3) is 22.0. The van der Waals surface area contributed by atoms with Crippen molar-refractivity contribution in [3.05, 3.63) is 0 Å². The van der Waals surface area contributed by atoms with Crippen LogP contribution in [0.5, 0.6) is 0 Å². The Bertz CT molecular complexity index is 491. The second kappa shape index (κ2) is 26.6. The number of rotatable bonds is 29. The summed E-state index contributed by atoms with van der Waals surface area (Å²) in [5, 5.41) is 19.9. The van der Waals surface area contributed by atoms with Gasteiger partial charge in [-0.15, -0.1) is 0 Å². The third-order valence-corrected chi connectivity index (χ3v) is 7.96. The summed E-state index contributed by atoms with van der Waals surface area (Å²) in [6.45, 7) is 7.21. The fourth-order valence-corrected chi connectivity index (χ4v) is 5.63. The number of aliphatic hydroxyl groups is 2. The fraction of sp³-hybridized carbons (Fsp3) is 1.00. The molecule has 0 aliphatic rings. The predicted molar refractivity (Wildman–Crippen MR) is 150 cm³/mol. The number of nitrogens with zero attached hydrogens (tertiary/aromatic N) is 1. The molecule has 0 bridgehead atoms. The van der Waals surface area contributed by atoms with Crippen molar-refractivity contribution in [2.45, 2.75) is 136 Å². The SMILES string of the molecule is CCCCCCCCCCCCOP(=O)(OCC(CCCC)CCCCCC)ON(CCO)CCO. The number of phosphoric ester groups is 1. The summed E-state index contributed by atoms with van der Waals surface area (Å²) >= 11 is 0. The molecule has 2 atom stereocenters. The second-order valence-corrected chi connectivity index (χ2v) is 11.6. The van der Waals surface area contributed by atoms with Gasteiger partial charge in [-0.3, -0.25) is 9.05 Å². The zero-order chi connectivity index (χ0) is 26.7. The molecule has 0 heterocycles. The van der Waals surface area contributed by atoms with Crippen molar-refractivity contribution in [2.24, 2.45) is 5.92 Å². The van der Waals surface area contributed by atoms with E-state index in [0.717, 1.165) is 51.4 Å². The first-order valence-corrected chi connectivity index (χ1v) is 16.6. The van der Waals surface area contributed by atoms with E-state index in [1.807, 2.05) is 0 Å². The van der Waals surface area contributed by atoms with Gasteiger partial charge in [0.15, 0.2) is 0 Å². The summed E-state index contributed by atoms with van der Waals surface area (Å²) < 4.78 is 30.7.